The molecule has 1 atom stereocenters. The number of fused-ring (bicyclic) bond motifs is 1. The number of hydrogen-bond donors (Lipinski definition) is 2. The molecule has 1 unspecified atom stereocenters. The minimum absolute atomic E-state index is 0.0134. The average molecular weight is 301 g/mol. The van der Waals surface area contributed by atoms with E-state index in [1.165, 1.54) is 0 Å². The Morgan fingerprint density at radius 1 is 1.18 bits per heavy atom. The highest BCUT2D eigenvalue weighted by Crippen LogP contribution is 2.22. The molecule has 0 radical (unpaired) electrons. The van der Waals surface area contributed by atoms with Crippen molar-refractivity contribution in [2.75, 3.05) is 6.54 Å². The smallest absolute Gasteiger partial charge is 0.314 e. The van der Waals surface area contributed by atoms with Crippen molar-refractivity contribution in [3.63, 3.8) is 0 Å². The van der Waals surface area contributed by atoms with Gasteiger partial charge >= 0.3 is 11.1 Å². The number of nitrogens with one attached hydrogen (secondary N) is 2. The summed E-state index contributed by atoms with van der Waals surface area (Å²) >= 11 is 0. The second-order valence-electron chi connectivity index (χ2n) is 5.73. The van der Waals surface area contributed by atoms with Crippen LogP contribution in [0.25, 0.3) is 11.0 Å². The second kappa shape index (κ2) is 5.79. The Hall–Kier alpha value is -2.37. The summed E-state index contributed by atoms with van der Waals surface area (Å²) in [5.41, 5.74) is 0.137. The molecule has 3 rings (SSSR count). The summed E-state index contributed by atoms with van der Waals surface area (Å²) in [7, 11) is 0. The standard InChI is InChI=1S/C16H19N3O3/c1-2-11-5-3-4-8-19(11)16(22)10-6-7-12-13(9-10)18-15(21)14(20)17-12/h6-7,9,11H,2-5,8H2,1H3,(H,17,20)(H,18,21). The van der Waals surface area contributed by atoms with Crippen LogP contribution in [0.4, 0.5) is 0 Å². The summed E-state index contributed by atoms with van der Waals surface area (Å²) < 4.78 is 0. The van der Waals surface area contributed by atoms with Crippen molar-refractivity contribution in [2.45, 2.75) is 38.6 Å². The fourth-order valence-electron chi connectivity index (χ4n) is 3.11. The van der Waals surface area contributed by atoms with E-state index < -0.39 is 11.1 Å². The number of carbonyl (C=O) groups excluding carboxylic acids is 1. The highest BCUT2D eigenvalue weighted by Gasteiger charge is 2.26. The second-order valence-corrected chi connectivity index (χ2v) is 5.73. The van der Waals surface area contributed by atoms with Gasteiger partial charge in [-0.2, -0.15) is 0 Å². The van der Waals surface area contributed by atoms with Crippen molar-refractivity contribution in [1.82, 2.24) is 14.9 Å². The molecule has 2 aromatic rings. The minimum Gasteiger partial charge on any atom is -0.336 e. The molecule has 1 aliphatic heterocycles. The molecule has 6 nitrogen and oxygen atoms in total. The number of aromatic nitrogens is 2. The molecule has 0 spiro atoms. The Kier molecular flexibility index (Phi) is 3.83. The molecule has 0 aliphatic carbocycles. The first kappa shape index (κ1) is 14.6. The number of likely N-dealkylation sites (tertiary alicyclic amines) is 1. The van der Waals surface area contributed by atoms with E-state index in [4.69, 9.17) is 0 Å². The number of hydrogen-bond acceptors (Lipinski definition) is 3. The zero-order valence-corrected chi connectivity index (χ0v) is 12.5. The molecule has 116 valence electrons. The van der Waals surface area contributed by atoms with E-state index in [9.17, 15) is 14.4 Å². The van der Waals surface area contributed by atoms with Gasteiger partial charge in [0.1, 0.15) is 0 Å². The van der Waals surface area contributed by atoms with E-state index in [1.54, 1.807) is 18.2 Å². The maximum absolute atomic E-state index is 12.7. The fourth-order valence-corrected chi connectivity index (χ4v) is 3.11. The zero-order chi connectivity index (χ0) is 15.7. The van der Waals surface area contributed by atoms with Crippen LogP contribution in [-0.4, -0.2) is 33.4 Å². The van der Waals surface area contributed by atoms with Gasteiger partial charge in [-0.3, -0.25) is 14.4 Å². The Bertz CT molecular complexity index is 821. The van der Waals surface area contributed by atoms with Gasteiger partial charge in [0.05, 0.1) is 11.0 Å². The van der Waals surface area contributed by atoms with Crippen LogP contribution in [0.1, 0.15) is 43.0 Å². The summed E-state index contributed by atoms with van der Waals surface area (Å²) in [5, 5.41) is 0. The van der Waals surface area contributed by atoms with Crippen LogP contribution >= 0.6 is 0 Å². The summed E-state index contributed by atoms with van der Waals surface area (Å²) in [4.78, 5) is 42.4. The number of H-pyrrole nitrogens is 2. The lowest BCUT2D eigenvalue weighted by Crippen LogP contribution is -2.43. The number of carbonyl (C=O) groups is 1. The molecular weight excluding hydrogens is 282 g/mol. The van der Waals surface area contributed by atoms with Gasteiger partial charge in [-0.25, -0.2) is 0 Å². The highest BCUT2D eigenvalue weighted by molar-refractivity contribution is 5.97. The molecule has 0 bridgehead atoms. The van der Waals surface area contributed by atoms with Gasteiger partial charge in [0, 0.05) is 18.2 Å². The molecule has 1 amide bonds. The van der Waals surface area contributed by atoms with Crippen molar-refractivity contribution < 1.29 is 4.79 Å². The number of amides is 1. The predicted octanol–water partition coefficient (Wildman–Crippen LogP) is 1.62. The Balaban J connectivity index is 1.98. The summed E-state index contributed by atoms with van der Waals surface area (Å²) in [5.74, 6) is -0.0134. The van der Waals surface area contributed by atoms with E-state index >= 15 is 0 Å². The molecule has 1 fully saturated rings. The molecule has 6 heteroatoms. The van der Waals surface area contributed by atoms with Crippen molar-refractivity contribution >= 4 is 16.9 Å². The third-order valence-corrected chi connectivity index (χ3v) is 4.33. The van der Waals surface area contributed by atoms with Gasteiger partial charge in [0.25, 0.3) is 5.91 Å². The lowest BCUT2D eigenvalue weighted by atomic mass is 9.99. The minimum atomic E-state index is -0.707. The number of piperidine rings is 1. The summed E-state index contributed by atoms with van der Waals surface area (Å²) in [6, 6.07) is 5.27. The van der Waals surface area contributed by atoms with E-state index in [2.05, 4.69) is 16.9 Å². The molecular formula is C16H19N3O3. The Morgan fingerprint density at radius 3 is 2.64 bits per heavy atom. The lowest BCUT2D eigenvalue weighted by Gasteiger charge is -2.35. The molecule has 1 aromatic carbocycles. The van der Waals surface area contributed by atoms with Crippen molar-refractivity contribution in [1.29, 1.82) is 0 Å². The molecule has 1 aromatic heterocycles. The van der Waals surface area contributed by atoms with Crippen molar-refractivity contribution in [3.05, 3.63) is 44.5 Å². The maximum Gasteiger partial charge on any atom is 0.314 e. The lowest BCUT2D eigenvalue weighted by molar-refractivity contribution is 0.0608. The average Bonchev–Trinajstić information content (AvgIpc) is 2.55. The maximum atomic E-state index is 12.7. The van der Waals surface area contributed by atoms with Crippen LogP contribution in [0.3, 0.4) is 0 Å². The van der Waals surface area contributed by atoms with Gasteiger partial charge in [-0.15, -0.1) is 0 Å². The van der Waals surface area contributed by atoms with Gasteiger partial charge in [-0.05, 0) is 43.9 Å². The van der Waals surface area contributed by atoms with Crippen molar-refractivity contribution in [3.8, 4) is 0 Å². The van der Waals surface area contributed by atoms with Gasteiger partial charge in [0.2, 0.25) is 0 Å². The third kappa shape index (κ3) is 2.56. The molecule has 1 saturated heterocycles. The predicted molar refractivity (Wildman–Crippen MR) is 84.2 cm³/mol. The molecule has 0 saturated carbocycles. The largest absolute Gasteiger partial charge is 0.336 e. The zero-order valence-electron chi connectivity index (χ0n) is 12.5. The van der Waals surface area contributed by atoms with E-state index in [-0.39, 0.29) is 11.9 Å². The molecule has 1 aliphatic rings. The molecule has 2 heterocycles. The van der Waals surface area contributed by atoms with Crippen LogP contribution in [-0.2, 0) is 0 Å². The number of benzene rings is 1. The quantitative estimate of drug-likeness (QED) is 0.826. The van der Waals surface area contributed by atoms with Gasteiger partial charge in [-0.1, -0.05) is 6.92 Å². The highest BCUT2D eigenvalue weighted by atomic mass is 16.2. The van der Waals surface area contributed by atoms with E-state index in [1.807, 2.05) is 4.90 Å². The topological polar surface area (TPSA) is 86.0 Å². The SMILES string of the molecule is CCC1CCCCN1C(=O)c1ccc2[nH]c(=O)c(=O)[nH]c2c1. The molecule has 2 N–H and O–H groups in total. The number of rotatable bonds is 2. The van der Waals surface area contributed by atoms with Gasteiger partial charge < -0.3 is 14.9 Å². The van der Waals surface area contributed by atoms with Crippen LogP contribution in [0.2, 0.25) is 0 Å². The van der Waals surface area contributed by atoms with Crippen LogP contribution < -0.4 is 11.1 Å². The Morgan fingerprint density at radius 2 is 1.91 bits per heavy atom. The van der Waals surface area contributed by atoms with Crippen molar-refractivity contribution in [2.24, 2.45) is 0 Å². The normalized spacial score (nSPS) is 18.6. The summed E-state index contributed by atoms with van der Waals surface area (Å²) in [6.07, 6.45) is 4.18. The first-order valence-corrected chi connectivity index (χ1v) is 7.67. The molecule has 22 heavy (non-hydrogen) atoms. The van der Waals surface area contributed by atoms with Crippen LogP contribution in [0.5, 0.6) is 0 Å². The fraction of sp³-hybridized carbons (Fsp3) is 0.438. The Labute approximate surface area is 127 Å². The van der Waals surface area contributed by atoms with E-state index in [0.717, 1.165) is 32.2 Å². The third-order valence-electron chi connectivity index (χ3n) is 4.33. The first-order chi connectivity index (χ1) is 10.6. The van der Waals surface area contributed by atoms with Crippen LogP contribution in [0.15, 0.2) is 27.8 Å². The van der Waals surface area contributed by atoms with Gasteiger partial charge in [0.15, 0.2) is 0 Å². The first-order valence-electron chi connectivity index (χ1n) is 7.67. The number of nitrogens with zero attached hydrogens (tertiary/aromatic N) is 1. The summed E-state index contributed by atoms with van der Waals surface area (Å²) in [6.45, 7) is 2.87. The number of aromatic amines is 2. The monoisotopic (exact) mass is 301 g/mol. The van der Waals surface area contributed by atoms with Crippen LogP contribution in [0, 0.1) is 0 Å². The van der Waals surface area contributed by atoms with E-state index in [0.29, 0.717) is 16.6 Å².